The van der Waals surface area contributed by atoms with Crippen LogP contribution in [-0.4, -0.2) is 38.8 Å². The van der Waals surface area contributed by atoms with E-state index in [9.17, 15) is 9.18 Å². The van der Waals surface area contributed by atoms with Crippen LogP contribution in [-0.2, 0) is 13.0 Å². The molecule has 1 saturated carbocycles. The van der Waals surface area contributed by atoms with E-state index >= 15 is 0 Å². The van der Waals surface area contributed by atoms with Gasteiger partial charge in [0.25, 0.3) is 0 Å². The number of halogens is 1. The molecule has 6 nitrogen and oxygen atoms in total. The smallest absolute Gasteiger partial charge is 0.321 e. The predicted octanol–water partition coefficient (Wildman–Crippen LogP) is 2.38. The Hall–Kier alpha value is -2.44. The Balaban J connectivity index is 1.44. The van der Waals surface area contributed by atoms with Gasteiger partial charge in [0.05, 0.1) is 0 Å². The molecular weight excluding hydrogens is 297 g/mol. The second kappa shape index (κ2) is 5.64. The Morgan fingerprint density at radius 3 is 2.87 bits per heavy atom. The summed E-state index contributed by atoms with van der Waals surface area (Å²) in [6.45, 7) is 1.90. The van der Waals surface area contributed by atoms with Gasteiger partial charge in [0.2, 0.25) is 0 Å². The number of benzene rings is 1. The van der Waals surface area contributed by atoms with Crippen molar-refractivity contribution in [3.63, 3.8) is 0 Å². The van der Waals surface area contributed by atoms with Crippen LogP contribution >= 0.6 is 0 Å². The van der Waals surface area contributed by atoms with E-state index in [0.29, 0.717) is 37.7 Å². The van der Waals surface area contributed by atoms with Crippen LogP contribution in [0.5, 0.6) is 0 Å². The number of hydrogen-bond acceptors (Lipinski definition) is 3. The third-order valence-corrected chi connectivity index (χ3v) is 4.36. The Labute approximate surface area is 133 Å². The first kappa shape index (κ1) is 14.2. The number of urea groups is 1. The molecule has 0 saturated heterocycles. The molecule has 23 heavy (non-hydrogen) atoms. The second-order valence-corrected chi connectivity index (χ2v) is 6.08. The minimum absolute atomic E-state index is 0.206. The fourth-order valence-electron chi connectivity index (χ4n) is 2.96. The molecule has 2 aromatic rings. The first-order valence-electron chi connectivity index (χ1n) is 7.94. The molecule has 7 heteroatoms. The molecule has 2 amide bonds. The maximum atomic E-state index is 13.2. The van der Waals surface area contributed by atoms with Gasteiger partial charge in [0, 0.05) is 37.7 Å². The van der Waals surface area contributed by atoms with Gasteiger partial charge in [0.15, 0.2) is 0 Å². The van der Waals surface area contributed by atoms with Crippen molar-refractivity contribution in [3.8, 4) is 0 Å². The van der Waals surface area contributed by atoms with E-state index < -0.39 is 0 Å². The molecule has 0 atom stereocenters. The summed E-state index contributed by atoms with van der Waals surface area (Å²) in [5.74, 6) is 2.20. The minimum atomic E-state index is -0.362. The van der Waals surface area contributed by atoms with E-state index in [-0.39, 0.29) is 11.8 Å². The number of rotatable bonds is 2. The van der Waals surface area contributed by atoms with E-state index in [1.54, 1.807) is 17.0 Å². The molecule has 1 aliphatic heterocycles. The normalized spacial score (nSPS) is 17.5. The Bertz CT molecular complexity index is 740. The van der Waals surface area contributed by atoms with Gasteiger partial charge >= 0.3 is 6.03 Å². The van der Waals surface area contributed by atoms with Gasteiger partial charge in [-0.25, -0.2) is 9.18 Å². The third kappa shape index (κ3) is 2.91. The fourth-order valence-corrected chi connectivity index (χ4v) is 2.96. The van der Waals surface area contributed by atoms with Crippen LogP contribution in [0.1, 0.15) is 30.4 Å². The molecule has 1 aromatic heterocycles. The molecule has 0 unspecified atom stereocenters. The van der Waals surface area contributed by atoms with Crippen molar-refractivity contribution in [2.45, 2.75) is 31.7 Å². The number of amides is 2. The predicted molar refractivity (Wildman–Crippen MR) is 82.7 cm³/mol. The number of nitrogens with one attached hydrogen (secondary N) is 1. The van der Waals surface area contributed by atoms with Crippen molar-refractivity contribution in [1.82, 2.24) is 19.7 Å². The zero-order valence-electron chi connectivity index (χ0n) is 12.7. The topological polar surface area (TPSA) is 63.1 Å². The van der Waals surface area contributed by atoms with Crippen molar-refractivity contribution in [3.05, 3.63) is 41.7 Å². The summed E-state index contributed by atoms with van der Waals surface area (Å²) in [7, 11) is 0. The van der Waals surface area contributed by atoms with Crippen LogP contribution in [0.15, 0.2) is 24.3 Å². The molecule has 0 spiro atoms. The van der Waals surface area contributed by atoms with Crippen molar-refractivity contribution in [2.24, 2.45) is 0 Å². The summed E-state index contributed by atoms with van der Waals surface area (Å²) in [4.78, 5) is 14.1. The summed E-state index contributed by atoms with van der Waals surface area (Å²) in [6.07, 6.45) is 3.06. The zero-order chi connectivity index (χ0) is 15.8. The molecule has 0 radical (unpaired) electrons. The van der Waals surface area contributed by atoms with Gasteiger partial charge in [-0.3, -0.25) is 0 Å². The molecule has 120 valence electrons. The Morgan fingerprint density at radius 2 is 2.09 bits per heavy atom. The molecule has 1 N–H and O–H groups in total. The highest BCUT2D eigenvalue weighted by molar-refractivity contribution is 5.89. The fraction of sp³-hybridized carbons (Fsp3) is 0.438. The maximum Gasteiger partial charge on any atom is 0.321 e. The van der Waals surface area contributed by atoms with Gasteiger partial charge in [-0.1, -0.05) is 6.07 Å². The van der Waals surface area contributed by atoms with Gasteiger partial charge in [-0.2, -0.15) is 0 Å². The minimum Gasteiger partial charge on any atom is -0.322 e. The summed E-state index contributed by atoms with van der Waals surface area (Å²) in [5.41, 5.74) is 0.470. The van der Waals surface area contributed by atoms with Crippen molar-refractivity contribution in [2.75, 3.05) is 18.4 Å². The molecule has 2 aliphatic rings. The number of nitrogens with zero attached hydrogens (tertiary/aromatic N) is 4. The highest BCUT2D eigenvalue weighted by Gasteiger charge is 2.31. The number of aromatic nitrogens is 3. The summed E-state index contributed by atoms with van der Waals surface area (Å²) in [5, 5.41) is 11.3. The molecule has 1 aliphatic carbocycles. The van der Waals surface area contributed by atoms with Crippen LogP contribution in [0.25, 0.3) is 0 Å². The SMILES string of the molecule is O=C(Nc1cccc(F)c1)N1CCc2nnc(C3CC3)n2CC1. The Morgan fingerprint density at radius 1 is 1.22 bits per heavy atom. The molecule has 2 heterocycles. The molecule has 1 aromatic carbocycles. The van der Waals surface area contributed by atoms with Crippen molar-refractivity contribution < 1.29 is 9.18 Å². The number of carbonyl (C=O) groups excluding carboxylic acids is 1. The second-order valence-electron chi connectivity index (χ2n) is 6.08. The van der Waals surface area contributed by atoms with Crippen LogP contribution < -0.4 is 5.32 Å². The highest BCUT2D eigenvalue weighted by atomic mass is 19.1. The lowest BCUT2D eigenvalue weighted by Gasteiger charge is -2.20. The molecule has 0 bridgehead atoms. The highest BCUT2D eigenvalue weighted by Crippen LogP contribution is 2.39. The summed E-state index contributed by atoms with van der Waals surface area (Å²) < 4.78 is 15.4. The van der Waals surface area contributed by atoms with Crippen molar-refractivity contribution >= 4 is 11.7 Å². The summed E-state index contributed by atoms with van der Waals surface area (Å²) in [6, 6.07) is 5.72. The lowest BCUT2D eigenvalue weighted by Crippen LogP contribution is -2.37. The average molecular weight is 315 g/mol. The van der Waals surface area contributed by atoms with Gasteiger partial charge in [0.1, 0.15) is 17.5 Å². The van der Waals surface area contributed by atoms with Crippen LogP contribution in [0, 0.1) is 5.82 Å². The van der Waals surface area contributed by atoms with E-state index in [1.165, 1.54) is 25.0 Å². The van der Waals surface area contributed by atoms with Gasteiger partial charge < -0.3 is 14.8 Å². The first-order chi connectivity index (χ1) is 11.2. The number of fused-ring (bicyclic) bond motifs is 1. The average Bonchev–Trinajstić information content (AvgIpc) is 3.32. The van der Waals surface area contributed by atoms with E-state index in [0.717, 1.165) is 11.6 Å². The van der Waals surface area contributed by atoms with Gasteiger partial charge in [-0.05, 0) is 31.0 Å². The molecular formula is C16H18FN5O. The van der Waals surface area contributed by atoms with Crippen LogP contribution in [0.3, 0.4) is 0 Å². The number of hydrogen-bond donors (Lipinski definition) is 1. The van der Waals surface area contributed by atoms with E-state index in [2.05, 4.69) is 20.1 Å². The van der Waals surface area contributed by atoms with E-state index in [1.807, 2.05) is 0 Å². The van der Waals surface area contributed by atoms with Crippen LogP contribution in [0.4, 0.5) is 14.9 Å². The van der Waals surface area contributed by atoms with Gasteiger partial charge in [-0.15, -0.1) is 10.2 Å². The maximum absolute atomic E-state index is 13.2. The summed E-state index contributed by atoms with van der Waals surface area (Å²) >= 11 is 0. The number of carbonyl (C=O) groups is 1. The first-order valence-corrected chi connectivity index (χ1v) is 7.94. The monoisotopic (exact) mass is 315 g/mol. The van der Waals surface area contributed by atoms with Crippen molar-refractivity contribution in [1.29, 1.82) is 0 Å². The Kier molecular flexibility index (Phi) is 3.48. The van der Waals surface area contributed by atoms with Crippen LogP contribution in [0.2, 0.25) is 0 Å². The third-order valence-electron chi connectivity index (χ3n) is 4.36. The van der Waals surface area contributed by atoms with E-state index in [4.69, 9.17) is 0 Å². The lowest BCUT2D eigenvalue weighted by atomic mass is 10.3. The molecule has 4 rings (SSSR count). The number of anilines is 1. The lowest BCUT2D eigenvalue weighted by molar-refractivity contribution is 0.212. The largest absolute Gasteiger partial charge is 0.322 e. The molecule has 1 fully saturated rings. The quantitative estimate of drug-likeness (QED) is 0.925. The standard InChI is InChI=1S/C16H18FN5O/c17-12-2-1-3-13(10-12)18-16(23)21-7-6-14-19-20-15(11-4-5-11)22(14)9-8-21/h1-3,10-11H,4-9H2,(H,18,23). The zero-order valence-corrected chi connectivity index (χ0v) is 12.7.